The van der Waals surface area contributed by atoms with Crippen molar-refractivity contribution in [2.75, 3.05) is 19.8 Å². The van der Waals surface area contributed by atoms with Gasteiger partial charge in [0.15, 0.2) is 5.16 Å². The van der Waals surface area contributed by atoms with Crippen molar-refractivity contribution in [2.24, 2.45) is 0 Å². The van der Waals surface area contributed by atoms with Gasteiger partial charge in [-0.05, 0) is 24.3 Å². The minimum absolute atomic E-state index is 0.0802. The van der Waals surface area contributed by atoms with Gasteiger partial charge in [-0.25, -0.2) is 4.98 Å². The highest BCUT2D eigenvalue weighted by Crippen LogP contribution is 2.27. The Morgan fingerprint density at radius 2 is 1.77 bits per heavy atom. The third kappa shape index (κ3) is 2.85. The van der Waals surface area contributed by atoms with E-state index in [1.54, 1.807) is 19.0 Å². The van der Waals surface area contributed by atoms with E-state index in [1.165, 1.54) is 11.8 Å². The van der Waals surface area contributed by atoms with E-state index in [2.05, 4.69) is 9.55 Å². The highest BCUT2D eigenvalue weighted by atomic mass is 32.2. The van der Waals surface area contributed by atoms with E-state index in [1.807, 2.05) is 54.6 Å². The van der Waals surface area contributed by atoms with Gasteiger partial charge in [0.25, 0.3) is 0 Å². The normalized spacial score (nSPS) is 10.8. The first-order valence-corrected chi connectivity index (χ1v) is 8.01. The number of benzene rings is 2. The number of para-hydroxylation sites is 3. The summed E-state index contributed by atoms with van der Waals surface area (Å²) >= 11 is 1.46. The van der Waals surface area contributed by atoms with E-state index < -0.39 is 0 Å². The lowest BCUT2D eigenvalue weighted by atomic mass is 10.3. The van der Waals surface area contributed by atoms with Crippen LogP contribution in [0, 0.1) is 0 Å². The van der Waals surface area contributed by atoms with E-state index in [-0.39, 0.29) is 5.91 Å². The van der Waals surface area contributed by atoms with Gasteiger partial charge in [0.1, 0.15) is 0 Å². The number of thioether (sulfide) groups is 1. The first-order valence-electron chi connectivity index (χ1n) is 7.02. The second-order valence-corrected chi connectivity index (χ2v) is 6.07. The van der Waals surface area contributed by atoms with E-state index >= 15 is 0 Å². The molecule has 112 valence electrons. The molecule has 0 unspecified atom stereocenters. The Bertz CT molecular complexity index is 796. The van der Waals surface area contributed by atoms with Crippen LogP contribution in [-0.4, -0.2) is 40.2 Å². The molecule has 0 spiro atoms. The Hall–Kier alpha value is -2.27. The number of rotatable bonds is 4. The monoisotopic (exact) mass is 311 g/mol. The average Bonchev–Trinajstić information content (AvgIpc) is 2.91. The summed E-state index contributed by atoms with van der Waals surface area (Å²) in [5.74, 6) is 0.458. The van der Waals surface area contributed by atoms with Crippen LogP contribution in [0.1, 0.15) is 0 Å². The highest BCUT2D eigenvalue weighted by Gasteiger charge is 2.14. The van der Waals surface area contributed by atoms with Gasteiger partial charge in [0.2, 0.25) is 5.91 Å². The largest absolute Gasteiger partial charge is 0.348 e. The van der Waals surface area contributed by atoms with Crippen molar-refractivity contribution in [1.29, 1.82) is 0 Å². The second-order valence-electron chi connectivity index (χ2n) is 5.13. The molecule has 3 rings (SSSR count). The number of amides is 1. The molecule has 1 amide bonds. The smallest absolute Gasteiger partial charge is 0.232 e. The van der Waals surface area contributed by atoms with Gasteiger partial charge >= 0.3 is 0 Å². The van der Waals surface area contributed by atoms with Crippen LogP contribution in [0.4, 0.5) is 0 Å². The molecule has 0 saturated carbocycles. The van der Waals surface area contributed by atoms with Crippen LogP contribution in [0.2, 0.25) is 0 Å². The van der Waals surface area contributed by atoms with Crippen molar-refractivity contribution >= 4 is 28.7 Å². The van der Waals surface area contributed by atoms with E-state index in [9.17, 15) is 4.79 Å². The number of hydrogen-bond acceptors (Lipinski definition) is 3. The van der Waals surface area contributed by atoms with Crippen LogP contribution in [0.15, 0.2) is 59.8 Å². The molecule has 0 bridgehead atoms. The third-order valence-electron chi connectivity index (χ3n) is 3.37. The molecule has 0 radical (unpaired) electrons. The van der Waals surface area contributed by atoms with Gasteiger partial charge in [-0.1, -0.05) is 42.1 Å². The molecule has 3 aromatic rings. The Labute approximate surface area is 133 Å². The van der Waals surface area contributed by atoms with E-state index in [0.717, 1.165) is 21.9 Å². The summed E-state index contributed by atoms with van der Waals surface area (Å²) in [6, 6.07) is 18.1. The van der Waals surface area contributed by atoms with Gasteiger partial charge in [-0.3, -0.25) is 9.36 Å². The highest BCUT2D eigenvalue weighted by molar-refractivity contribution is 7.99. The lowest BCUT2D eigenvalue weighted by molar-refractivity contribution is -0.125. The summed E-state index contributed by atoms with van der Waals surface area (Å²) < 4.78 is 2.10. The minimum atomic E-state index is 0.0802. The van der Waals surface area contributed by atoms with E-state index in [0.29, 0.717) is 5.75 Å². The van der Waals surface area contributed by atoms with Crippen LogP contribution in [0.3, 0.4) is 0 Å². The zero-order valence-electron chi connectivity index (χ0n) is 12.6. The maximum Gasteiger partial charge on any atom is 0.232 e. The standard InChI is InChI=1S/C17H17N3OS/c1-19(2)16(21)12-22-17-18-14-10-6-7-11-15(14)20(17)13-8-4-3-5-9-13/h3-11H,12H2,1-2H3. The summed E-state index contributed by atoms with van der Waals surface area (Å²) in [4.78, 5) is 18.1. The van der Waals surface area contributed by atoms with Crippen LogP contribution in [0.5, 0.6) is 0 Å². The quantitative estimate of drug-likeness (QED) is 0.694. The summed E-state index contributed by atoms with van der Waals surface area (Å²) in [5.41, 5.74) is 3.04. The first kappa shape index (κ1) is 14.7. The predicted octanol–water partition coefficient (Wildman–Crippen LogP) is 3.21. The fourth-order valence-corrected chi connectivity index (χ4v) is 3.19. The number of carbonyl (C=O) groups excluding carboxylic acids is 1. The maximum atomic E-state index is 11.8. The number of aromatic nitrogens is 2. The zero-order valence-corrected chi connectivity index (χ0v) is 13.4. The topological polar surface area (TPSA) is 38.1 Å². The lowest BCUT2D eigenvalue weighted by Gasteiger charge is -2.11. The van der Waals surface area contributed by atoms with Crippen molar-refractivity contribution < 1.29 is 4.79 Å². The van der Waals surface area contributed by atoms with Crippen molar-refractivity contribution in [2.45, 2.75) is 5.16 Å². The van der Waals surface area contributed by atoms with Crippen LogP contribution >= 0.6 is 11.8 Å². The molecule has 0 saturated heterocycles. The molecule has 4 nitrogen and oxygen atoms in total. The molecule has 1 aromatic heterocycles. The SMILES string of the molecule is CN(C)C(=O)CSc1nc2ccccc2n1-c1ccccc1. The fraction of sp³-hybridized carbons (Fsp3) is 0.176. The average molecular weight is 311 g/mol. The molecular weight excluding hydrogens is 294 g/mol. The number of fused-ring (bicyclic) bond motifs is 1. The van der Waals surface area contributed by atoms with Crippen molar-refractivity contribution in [1.82, 2.24) is 14.5 Å². The number of carbonyl (C=O) groups is 1. The third-order valence-corrected chi connectivity index (χ3v) is 4.29. The van der Waals surface area contributed by atoms with Gasteiger partial charge in [0.05, 0.1) is 16.8 Å². The Morgan fingerprint density at radius 1 is 1.09 bits per heavy atom. The van der Waals surface area contributed by atoms with Crippen LogP contribution in [-0.2, 0) is 4.79 Å². The minimum Gasteiger partial charge on any atom is -0.348 e. The summed E-state index contributed by atoms with van der Waals surface area (Å²) in [6.45, 7) is 0. The van der Waals surface area contributed by atoms with Gasteiger partial charge in [0, 0.05) is 19.8 Å². The Balaban J connectivity index is 2.04. The molecule has 0 fully saturated rings. The van der Waals surface area contributed by atoms with Crippen LogP contribution < -0.4 is 0 Å². The molecule has 0 atom stereocenters. The van der Waals surface area contributed by atoms with Gasteiger partial charge in [-0.2, -0.15) is 0 Å². The summed E-state index contributed by atoms with van der Waals surface area (Å²) in [6.07, 6.45) is 0. The molecule has 22 heavy (non-hydrogen) atoms. The molecular formula is C17H17N3OS. The molecule has 0 aliphatic heterocycles. The number of nitrogens with zero attached hydrogens (tertiary/aromatic N) is 3. The Morgan fingerprint density at radius 3 is 2.50 bits per heavy atom. The zero-order chi connectivity index (χ0) is 15.5. The second kappa shape index (κ2) is 6.23. The van der Waals surface area contributed by atoms with Crippen molar-refractivity contribution in [3.63, 3.8) is 0 Å². The molecule has 5 heteroatoms. The molecule has 2 aromatic carbocycles. The number of imidazole rings is 1. The maximum absolute atomic E-state index is 11.8. The van der Waals surface area contributed by atoms with Gasteiger partial charge < -0.3 is 4.90 Å². The summed E-state index contributed by atoms with van der Waals surface area (Å²) in [5, 5.41) is 0.836. The lowest BCUT2D eigenvalue weighted by Crippen LogP contribution is -2.23. The molecule has 1 heterocycles. The fourth-order valence-electron chi connectivity index (χ4n) is 2.18. The Kier molecular flexibility index (Phi) is 4.15. The molecule has 0 N–H and O–H groups in total. The first-order chi connectivity index (χ1) is 10.7. The molecule has 0 aliphatic rings. The summed E-state index contributed by atoms with van der Waals surface area (Å²) in [7, 11) is 3.53. The van der Waals surface area contributed by atoms with Gasteiger partial charge in [-0.15, -0.1) is 0 Å². The molecule has 0 aliphatic carbocycles. The number of hydrogen-bond donors (Lipinski definition) is 0. The van der Waals surface area contributed by atoms with E-state index in [4.69, 9.17) is 0 Å². The predicted molar refractivity (Wildman–Crippen MR) is 90.5 cm³/mol. The van der Waals surface area contributed by atoms with Crippen molar-refractivity contribution in [3.05, 3.63) is 54.6 Å². The van der Waals surface area contributed by atoms with Crippen LogP contribution in [0.25, 0.3) is 16.7 Å². The van der Waals surface area contributed by atoms with Crippen molar-refractivity contribution in [3.8, 4) is 5.69 Å².